The van der Waals surface area contributed by atoms with Crippen molar-refractivity contribution in [2.75, 3.05) is 19.6 Å². The molecule has 0 bridgehead atoms. The van der Waals surface area contributed by atoms with Crippen molar-refractivity contribution in [3.8, 4) is 0 Å². The van der Waals surface area contributed by atoms with Crippen molar-refractivity contribution in [1.29, 1.82) is 0 Å². The number of nitrogens with one attached hydrogen (secondary N) is 1. The molecule has 2 fully saturated rings. The molecule has 1 N–H and O–H groups in total. The van der Waals surface area contributed by atoms with E-state index in [4.69, 9.17) is 0 Å². The van der Waals surface area contributed by atoms with Gasteiger partial charge in [0, 0.05) is 18.6 Å². The van der Waals surface area contributed by atoms with Crippen LogP contribution in [0.3, 0.4) is 0 Å². The van der Waals surface area contributed by atoms with Gasteiger partial charge in [-0.05, 0) is 69.9 Å². The lowest BCUT2D eigenvalue weighted by Gasteiger charge is -2.44. The minimum atomic E-state index is 0.546. The Kier molecular flexibility index (Phi) is 6.55. The highest BCUT2D eigenvalue weighted by Crippen LogP contribution is 2.39. The maximum atomic E-state index is 3.85. The topological polar surface area (TPSA) is 15.3 Å². The van der Waals surface area contributed by atoms with Gasteiger partial charge >= 0.3 is 0 Å². The van der Waals surface area contributed by atoms with E-state index in [1.807, 2.05) is 0 Å². The summed E-state index contributed by atoms with van der Waals surface area (Å²) in [5.74, 6) is 0.848. The van der Waals surface area contributed by atoms with Crippen LogP contribution in [-0.2, 0) is 0 Å². The fourth-order valence-electron chi connectivity index (χ4n) is 4.43. The van der Waals surface area contributed by atoms with Crippen molar-refractivity contribution >= 4 is 0 Å². The summed E-state index contributed by atoms with van der Waals surface area (Å²) in [6.45, 7) is 13.5. The molecule has 1 heterocycles. The van der Waals surface area contributed by atoms with Gasteiger partial charge in [0.2, 0.25) is 0 Å². The van der Waals surface area contributed by atoms with Gasteiger partial charge in [-0.3, -0.25) is 0 Å². The van der Waals surface area contributed by atoms with Gasteiger partial charge in [0.25, 0.3) is 0 Å². The molecule has 1 aliphatic heterocycles. The van der Waals surface area contributed by atoms with Crippen LogP contribution in [0.4, 0.5) is 0 Å². The van der Waals surface area contributed by atoms with Crippen LogP contribution in [0, 0.1) is 11.3 Å². The Hall–Kier alpha value is -0.0800. The molecule has 3 atom stereocenters. The normalized spacial score (nSPS) is 34.6. The second kappa shape index (κ2) is 7.97. The molecule has 2 heteroatoms. The van der Waals surface area contributed by atoms with Crippen LogP contribution in [0.25, 0.3) is 0 Å². The van der Waals surface area contributed by atoms with E-state index >= 15 is 0 Å². The molecule has 124 valence electrons. The van der Waals surface area contributed by atoms with Crippen molar-refractivity contribution in [3.05, 3.63) is 0 Å². The molecule has 0 aromatic carbocycles. The summed E-state index contributed by atoms with van der Waals surface area (Å²) < 4.78 is 0. The number of likely N-dealkylation sites (tertiary alicyclic amines) is 1. The smallest absolute Gasteiger partial charge is 0.0108 e. The monoisotopic (exact) mass is 294 g/mol. The van der Waals surface area contributed by atoms with Crippen LogP contribution in [0.1, 0.15) is 79.1 Å². The zero-order chi connectivity index (χ0) is 15.3. The van der Waals surface area contributed by atoms with Crippen molar-refractivity contribution in [2.24, 2.45) is 11.3 Å². The zero-order valence-corrected chi connectivity index (χ0v) is 15.0. The molecule has 0 radical (unpaired) electrons. The van der Waals surface area contributed by atoms with Gasteiger partial charge in [0.05, 0.1) is 0 Å². The molecule has 0 spiro atoms. The number of hydrogen-bond acceptors (Lipinski definition) is 2. The highest BCUT2D eigenvalue weighted by atomic mass is 15.2. The minimum Gasteiger partial charge on any atom is -0.314 e. The first-order valence-electron chi connectivity index (χ1n) is 9.49. The first kappa shape index (κ1) is 17.3. The molecule has 1 saturated heterocycles. The van der Waals surface area contributed by atoms with Crippen LogP contribution in [0.15, 0.2) is 0 Å². The lowest BCUT2D eigenvalue weighted by atomic mass is 9.69. The number of rotatable bonds is 5. The Morgan fingerprint density at radius 2 is 1.95 bits per heavy atom. The first-order chi connectivity index (χ1) is 10.0. The van der Waals surface area contributed by atoms with Crippen LogP contribution >= 0.6 is 0 Å². The summed E-state index contributed by atoms with van der Waals surface area (Å²) >= 11 is 0. The number of nitrogens with zero attached hydrogens (tertiary/aromatic N) is 1. The van der Waals surface area contributed by atoms with E-state index in [0.717, 1.165) is 18.0 Å². The molecular weight excluding hydrogens is 256 g/mol. The summed E-state index contributed by atoms with van der Waals surface area (Å²) in [6, 6.07) is 1.55. The maximum absolute atomic E-state index is 3.85. The molecule has 0 aromatic heterocycles. The highest BCUT2D eigenvalue weighted by molar-refractivity contribution is 4.91. The first-order valence-corrected chi connectivity index (χ1v) is 9.49. The van der Waals surface area contributed by atoms with Gasteiger partial charge in [-0.25, -0.2) is 0 Å². The summed E-state index contributed by atoms with van der Waals surface area (Å²) in [6.07, 6.45) is 11.1. The van der Waals surface area contributed by atoms with Gasteiger partial charge in [-0.1, -0.05) is 33.6 Å². The van der Waals surface area contributed by atoms with Crippen molar-refractivity contribution in [2.45, 2.75) is 91.1 Å². The van der Waals surface area contributed by atoms with Gasteiger partial charge in [0.15, 0.2) is 0 Å². The van der Waals surface area contributed by atoms with Gasteiger partial charge in [0.1, 0.15) is 0 Å². The molecule has 21 heavy (non-hydrogen) atoms. The van der Waals surface area contributed by atoms with Gasteiger partial charge < -0.3 is 10.2 Å². The van der Waals surface area contributed by atoms with E-state index < -0.39 is 0 Å². The lowest BCUT2D eigenvalue weighted by molar-refractivity contribution is 0.0856. The van der Waals surface area contributed by atoms with Crippen molar-refractivity contribution in [1.82, 2.24) is 10.2 Å². The molecule has 0 aromatic rings. The van der Waals surface area contributed by atoms with Crippen LogP contribution in [-0.4, -0.2) is 36.6 Å². The highest BCUT2D eigenvalue weighted by Gasteiger charge is 2.36. The molecule has 2 aliphatic rings. The summed E-state index contributed by atoms with van der Waals surface area (Å²) in [4.78, 5) is 2.81. The Morgan fingerprint density at radius 1 is 1.14 bits per heavy atom. The van der Waals surface area contributed by atoms with Gasteiger partial charge in [-0.2, -0.15) is 0 Å². The quantitative estimate of drug-likeness (QED) is 0.806. The third-order valence-electron chi connectivity index (χ3n) is 5.83. The maximum Gasteiger partial charge on any atom is 0.0108 e. The molecular formula is C19H38N2. The third kappa shape index (κ3) is 5.25. The molecule has 1 saturated carbocycles. The molecule has 2 nitrogen and oxygen atoms in total. The largest absolute Gasteiger partial charge is 0.314 e. The van der Waals surface area contributed by atoms with E-state index in [1.165, 1.54) is 71.0 Å². The van der Waals surface area contributed by atoms with Crippen molar-refractivity contribution in [3.63, 3.8) is 0 Å². The summed E-state index contributed by atoms with van der Waals surface area (Å²) in [5.41, 5.74) is 0.546. The standard InChI is InChI=1S/C19H38N2/c1-5-12-20-18-10-11-19(3,4)14-17(18)15-21-13-8-6-7-9-16(21)2/h16-18,20H,5-15H2,1-4H3. The Morgan fingerprint density at radius 3 is 2.71 bits per heavy atom. The second-order valence-electron chi connectivity index (χ2n) is 8.42. The van der Waals surface area contributed by atoms with Crippen LogP contribution in [0.5, 0.6) is 0 Å². The SMILES string of the molecule is CCCNC1CCC(C)(C)CC1CN1CCCCCC1C. The summed E-state index contributed by atoms with van der Waals surface area (Å²) in [7, 11) is 0. The van der Waals surface area contributed by atoms with Crippen LogP contribution < -0.4 is 5.32 Å². The predicted molar refractivity (Wildman–Crippen MR) is 92.7 cm³/mol. The molecule has 2 rings (SSSR count). The Labute approximate surface area is 133 Å². The van der Waals surface area contributed by atoms with E-state index in [1.54, 1.807) is 0 Å². The van der Waals surface area contributed by atoms with E-state index in [0.29, 0.717) is 5.41 Å². The third-order valence-corrected chi connectivity index (χ3v) is 5.83. The molecule has 3 unspecified atom stereocenters. The van der Waals surface area contributed by atoms with Gasteiger partial charge in [-0.15, -0.1) is 0 Å². The second-order valence-corrected chi connectivity index (χ2v) is 8.42. The fourth-order valence-corrected chi connectivity index (χ4v) is 4.43. The fraction of sp³-hybridized carbons (Fsp3) is 1.00. The zero-order valence-electron chi connectivity index (χ0n) is 15.0. The number of hydrogen-bond donors (Lipinski definition) is 1. The summed E-state index contributed by atoms with van der Waals surface area (Å²) in [5, 5.41) is 3.85. The predicted octanol–water partition coefficient (Wildman–Crippen LogP) is 4.45. The van der Waals surface area contributed by atoms with E-state index in [2.05, 4.69) is 37.9 Å². The lowest BCUT2D eigenvalue weighted by Crippen LogP contribution is -2.49. The van der Waals surface area contributed by atoms with Crippen molar-refractivity contribution < 1.29 is 0 Å². The van der Waals surface area contributed by atoms with Crippen LogP contribution in [0.2, 0.25) is 0 Å². The Bertz CT molecular complexity index is 300. The molecule has 0 amide bonds. The van der Waals surface area contributed by atoms with E-state index in [-0.39, 0.29) is 0 Å². The minimum absolute atomic E-state index is 0.546. The average molecular weight is 295 g/mol. The van der Waals surface area contributed by atoms with E-state index in [9.17, 15) is 0 Å². The average Bonchev–Trinajstić information content (AvgIpc) is 2.63. The molecule has 1 aliphatic carbocycles. The Balaban J connectivity index is 1.97.